The van der Waals surface area contributed by atoms with Crippen molar-refractivity contribution in [3.63, 3.8) is 0 Å². The Morgan fingerprint density at radius 2 is 1.84 bits per heavy atom. The Morgan fingerprint density at radius 1 is 1.12 bits per heavy atom. The van der Waals surface area contributed by atoms with Gasteiger partial charge >= 0.3 is 5.97 Å². The number of hydrogen-bond donors (Lipinski definition) is 2. The van der Waals surface area contributed by atoms with Gasteiger partial charge in [-0.1, -0.05) is 12.1 Å². The van der Waals surface area contributed by atoms with E-state index in [1.165, 1.54) is 11.1 Å². The molecule has 2 aromatic rings. The van der Waals surface area contributed by atoms with Crippen LogP contribution in [-0.4, -0.2) is 46.4 Å². The number of benzene rings is 1. The molecule has 1 aromatic heterocycles. The molecule has 0 atom stereocenters. The van der Waals surface area contributed by atoms with Crippen LogP contribution in [0.3, 0.4) is 0 Å². The first-order valence-electron chi connectivity index (χ1n) is 7.72. The number of rotatable bonds is 7. The van der Waals surface area contributed by atoms with E-state index in [0.29, 0.717) is 17.7 Å². The largest absolute Gasteiger partial charge is 0.481 e. The van der Waals surface area contributed by atoms with Crippen molar-refractivity contribution in [2.75, 3.05) is 13.6 Å². The minimum atomic E-state index is -0.945. The van der Waals surface area contributed by atoms with Gasteiger partial charge in [0.2, 0.25) is 0 Å². The molecule has 0 bridgehead atoms. The first-order valence-corrected chi connectivity index (χ1v) is 7.72. The number of amides is 2. The molecule has 1 heterocycles. The number of carbonyl (C=O) groups is 3. The van der Waals surface area contributed by atoms with Crippen LogP contribution in [0.4, 0.5) is 0 Å². The lowest BCUT2D eigenvalue weighted by Crippen LogP contribution is -2.29. The van der Waals surface area contributed by atoms with Crippen molar-refractivity contribution in [3.05, 3.63) is 65.5 Å². The fourth-order valence-electron chi connectivity index (χ4n) is 2.13. The summed E-state index contributed by atoms with van der Waals surface area (Å²) < 4.78 is 0. The van der Waals surface area contributed by atoms with Crippen molar-refractivity contribution in [2.24, 2.45) is 0 Å². The molecule has 0 radical (unpaired) electrons. The molecule has 0 aliphatic carbocycles. The van der Waals surface area contributed by atoms with E-state index in [0.717, 1.165) is 5.56 Å². The molecule has 0 spiro atoms. The number of pyridine rings is 1. The van der Waals surface area contributed by atoms with E-state index in [-0.39, 0.29) is 24.8 Å². The van der Waals surface area contributed by atoms with E-state index in [4.69, 9.17) is 5.11 Å². The summed E-state index contributed by atoms with van der Waals surface area (Å²) in [5, 5.41) is 11.4. The highest BCUT2D eigenvalue weighted by atomic mass is 16.4. The van der Waals surface area contributed by atoms with E-state index in [9.17, 15) is 14.4 Å². The number of aromatic nitrogens is 1. The molecular weight excluding hydrogens is 322 g/mol. The Kier molecular flexibility index (Phi) is 6.22. The highest BCUT2D eigenvalue weighted by Gasteiger charge is 2.12. The minimum Gasteiger partial charge on any atom is -0.481 e. The SMILES string of the molecule is CN(CCC(=O)O)C(=O)c1ccc(CNC(=O)c2cccnc2)cc1. The Hall–Kier alpha value is -3.22. The predicted molar refractivity (Wildman–Crippen MR) is 91.1 cm³/mol. The molecule has 0 aliphatic rings. The number of aliphatic carboxylic acids is 1. The first kappa shape index (κ1) is 18.1. The molecule has 0 aliphatic heterocycles. The van der Waals surface area contributed by atoms with Crippen LogP contribution in [0, 0.1) is 0 Å². The Morgan fingerprint density at radius 3 is 2.44 bits per heavy atom. The third-order valence-electron chi connectivity index (χ3n) is 3.59. The average molecular weight is 341 g/mol. The summed E-state index contributed by atoms with van der Waals surface area (Å²) in [5.41, 5.74) is 1.80. The molecule has 130 valence electrons. The summed E-state index contributed by atoms with van der Waals surface area (Å²) in [7, 11) is 1.56. The molecular formula is C18H19N3O4. The molecule has 1 aromatic carbocycles. The van der Waals surface area contributed by atoms with E-state index >= 15 is 0 Å². The lowest BCUT2D eigenvalue weighted by atomic mass is 10.1. The van der Waals surface area contributed by atoms with Crippen molar-refractivity contribution in [3.8, 4) is 0 Å². The molecule has 2 rings (SSSR count). The summed E-state index contributed by atoms with van der Waals surface area (Å²) in [6, 6.07) is 10.2. The van der Waals surface area contributed by atoms with Crippen LogP contribution in [0.25, 0.3) is 0 Å². The standard InChI is InChI=1S/C18H19N3O4/c1-21(10-8-16(22)23)18(25)14-6-4-13(5-7-14)11-20-17(24)15-3-2-9-19-12-15/h2-7,9,12H,8,10-11H2,1H3,(H,20,24)(H,22,23). The molecule has 0 saturated heterocycles. The summed E-state index contributed by atoms with van der Waals surface area (Å²) in [6.07, 6.45) is 2.99. The van der Waals surface area contributed by atoms with Gasteiger partial charge in [0.25, 0.3) is 11.8 Å². The van der Waals surface area contributed by atoms with E-state index < -0.39 is 5.97 Å². The van der Waals surface area contributed by atoms with Crippen molar-refractivity contribution in [1.82, 2.24) is 15.2 Å². The van der Waals surface area contributed by atoms with Gasteiger partial charge in [0.1, 0.15) is 0 Å². The highest BCUT2D eigenvalue weighted by molar-refractivity contribution is 5.94. The second-order valence-corrected chi connectivity index (χ2v) is 5.49. The molecule has 0 unspecified atom stereocenters. The van der Waals surface area contributed by atoms with Crippen molar-refractivity contribution in [2.45, 2.75) is 13.0 Å². The maximum absolute atomic E-state index is 12.2. The second-order valence-electron chi connectivity index (χ2n) is 5.49. The van der Waals surface area contributed by atoms with E-state index in [1.54, 1.807) is 49.6 Å². The predicted octanol–water partition coefficient (Wildman–Crippen LogP) is 1.56. The van der Waals surface area contributed by atoms with Crippen molar-refractivity contribution >= 4 is 17.8 Å². The van der Waals surface area contributed by atoms with Gasteiger partial charge in [-0.25, -0.2) is 0 Å². The van der Waals surface area contributed by atoms with Gasteiger partial charge in [0.15, 0.2) is 0 Å². The van der Waals surface area contributed by atoms with Gasteiger partial charge in [-0.3, -0.25) is 19.4 Å². The normalized spacial score (nSPS) is 10.1. The van der Waals surface area contributed by atoms with Crippen molar-refractivity contribution in [1.29, 1.82) is 0 Å². The number of nitrogens with one attached hydrogen (secondary N) is 1. The summed E-state index contributed by atoms with van der Waals surface area (Å²) in [4.78, 5) is 39.9. The van der Waals surface area contributed by atoms with Gasteiger partial charge in [0, 0.05) is 38.1 Å². The van der Waals surface area contributed by atoms with Crippen LogP contribution in [0.15, 0.2) is 48.8 Å². The van der Waals surface area contributed by atoms with Crippen LogP contribution in [-0.2, 0) is 11.3 Å². The summed E-state index contributed by atoms with van der Waals surface area (Å²) in [5.74, 6) is -1.41. The van der Waals surface area contributed by atoms with Crippen LogP contribution in [0.2, 0.25) is 0 Å². The molecule has 2 amide bonds. The zero-order chi connectivity index (χ0) is 18.2. The Balaban J connectivity index is 1.90. The molecule has 0 saturated carbocycles. The van der Waals surface area contributed by atoms with Crippen molar-refractivity contribution < 1.29 is 19.5 Å². The number of nitrogens with zero attached hydrogens (tertiary/aromatic N) is 2. The quantitative estimate of drug-likeness (QED) is 0.796. The third-order valence-corrected chi connectivity index (χ3v) is 3.59. The van der Waals surface area contributed by atoms with Crippen LogP contribution in [0.5, 0.6) is 0 Å². The maximum atomic E-state index is 12.2. The molecule has 7 nitrogen and oxygen atoms in total. The maximum Gasteiger partial charge on any atom is 0.305 e. The lowest BCUT2D eigenvalue weighted by molar-refractivity contribution is -0.137. The van der Waals surface area contributed by atoms with Gasteiger partial charge < -0.3 is 15.3 Å². The minimum absolute atomic E-state index is 0.0965. The zero-order valence-corrected chi connectivity index (χ0v) is 13.8. The lowest BCUT2D eigenvalue weighted by Gasteiger charge is -2.16. The molecule has 2 N–H and O–H groups in total. The monoisotopic (exact) mass is 341 g/mol. The van der Waals surface area contributed by atoms with Gasteiger partial charge in [-0.15, -0.1) is 0 Å². The number of carboxylic acids is 1. The van der Waals surface area contributed by atoms with E-state index in [2.05, 4.69) is 10.3 Å². The smallest absolute Gasteiger partial charge is 0.305 e. The fourth-order valence-corrected chi connectivity index (χ4v) is 2.13. The van der Waals surface area contributed by atoms with Gasteiger partial charge in [-0.2, -0.15) is 0 Å². The highest BCUT2D eigenvalue weighted by Crippen LogP contribution is 2.08. The Labute approximate surface area is 145 Å². The van der Waals surface area contributed by atoms with Gasteiger partial charge in [-0.05, 0) is 29.8 Å². The molecule has 25 heavy (non-hydrogen) atoms. The topological polar surface area (TPSA) is 99.6 Å². The third kappa shape index (κ3) is 5.42. The number of carboxylic acid groups (broad SMARTS) is 1. The van der Waals surface area contributed by atoms with Gasteiger partial charge in [0.05, 0.1) is 12.0 Å². The Bertz CT molecular complexity index is 745. The second kappa shape index (κ2) is 8.58. The van der Waals surface area contributed by atoms with Crippen LogP contribution >= 0.6 is 0 Å². The number of carbonyl (C=O) groups excluding carboxylic acids is 2. The molecule has 7 heteroatoms. The summed E-state index contributed by atoms with van der Waals surface area (Å²) >= 11 is 0. The average Bonchev–Trinajstić information content (AvgIpc) is 2.64. The first-order chi connectivity index (χ1) is 12.0. The van der Waals surface area contributed by atoms with Crippen LogP contribution in [0.1, 0.15) is 32.7 Å². The zero-order valence-electron chi connectivity index (χ0n) is 13.8. The molecule has 0 fully saturated rings. The van der Waals surface area contributed by atoms with Crippen LogP contribution < -0.4 is 5.32 Å². The summed E-state index contributed by atoms with van der Waals surface area (Å²) in [6.45, 7) is 0.480. The van der Waals surface area contributed by atoms with E-state index in [1.807, 2.05) is 0 Å². The fraction of sp³-hybridized carbons (Fsp3) is 0.222. The number of hydrogen-bond acceptors (Lipinski definition) is 4.